The molecule has 0 bridgehead atoms. The smallest absolute Gasteiger partial charge is 0.160 e. The van der Waals surface area contributed by atoms with Crippen LogP contribution in [0, 0.1) is 5.92 Å². The van der Waals surface area contributed by atoms with Gasteiger partial charge in [0.15, 0.2) is 5.78 Å². The highest BCUT2D eigenvalue weighted by Crippen LogP contribution is 2.32. The molecule has 1 fully saturated rings. The Labute approximate surface area is 158 Å². The zero-order chi connectivity index (χ0) is 18.7. The fourth-order valence-corrected chi connectivity index (χ4v) is 4.38. The molecule has 26 heavy (non-hydrogen) atoms. The summed E-state index contributed by atoms with van der Waals surface area (Å²) in [6.07, 6.45) is 9.96. The number of rotatable bonds is 4. The summed E-state index contributed by atoms with van der Waals surface area (Å²) in [5.41, 5.74) is 4.85. The van der Waals surface area contributed by atoms with Crippen LogP contribution in [0.15, 0.2) is 24.3 Å². The molecular formula is C23H34N2O. The lowest BCUT2D eigenvalue weighted by molar-refractivity contribution is -0.118. The largest absolute Gasteiger partial charge is 0.379 e. The summed E-state index contributed by atoms with van der Waals surface area (Å²) in [7, 11) is 4.18. The van der Waals surface area contributed by atoms with Crippen molar-refractivity contribution in [2.75, 3.05) is 14.1 Å². The van der Waals surface area contributed by atoms with Crippen molar-refractivity contribution in [2.45, 2.75) is 70.9 Å². The van der Waals surface area contributed by atoms with Crippen LogP contribution in [0.3, 0.4) is 0 Å². The Hall–Kier alpha value is -1.61. The number of hydrogen-bond donors (Lipinski definition) is 1. The number of nitrogens with zero attached hydrogens (tertiary/aromatic N) is 1. The molecule has 1 aliphatic carbocycles. The Morgan fingerprint density at radius 2 is 1.88 bits per heavy atom. The highest BCUT2D eigenvalue weighted by Gasteiger charge is 2.29. The second kappa shape index (κ2) is 7.96. The van der Waals surface area contributed by atoms with Gasteiger partial charge in [0.05, 0.1) is 0 Å². The van der Waals surface area contributed by atoms with Gasteiger partial charge in [0.2, 0.25) is 0 Å². The molecule has 1 aliphatic heterocycles. The van der Waals surface area contributed by atoms with E-state index in [1.165, 1.54) is 42.4 Å². The van der Waals surface area contributed by atoms with Crippen molar-refractivity contribution in [3.8, 4) is 0 Å². The van der Waals surface area contributed by atoms with Crippen molar-refractivity contribution in [1.82, 2.24) is 10.2 Å². The molecule has 0 atom stereocenters. The zero-order valence-corrected chi connectivity index (χ0v) is 16.9. The average Bonchev–Trinajstić information content (AvgIpc) is 2.83. The first-order valence-electron chi connectivity index (χ1n) is 10.1. The van der Waals surface area contributed by atoms with Gasteiger partial charge in [-0.05, 0) is 64.4 Å². The third-order valence-corrected chi connectivity index (χ3v) is 5.61. The van der Waals surface area contributed by atoms with E-state index in [0.29, 0.717) is 5.78 Å². The SMILES string of the molecule is CN(C)Cc1ccc2c(c1)/C(=C/C(=O)C1CCCCCC1)NC(C)(C)C2. The van der Waals surface area contributed by atoms with Crippen molar-refractivity contribution in [3.05, 3.63) is 41.0 Å². The topological polar surface area (TPSA) is 32.3 Å². The number of fused-ring (bicyclic) bond motifs is 1. The summed E-state index contributed by atoms with van der Waals surface area (Å²) in [6.45, 7) is 5.35. The summed E-state index contributed by atoms with van der Waals surface area (Å²) >= 11 is 0. The maximum absolute atomic E-state index is 13.0. The lowest BCUT2D eigenvalue weighted by Crippen LogP contribution is -2.44. The van der Waals surface area contributed by atoms with Gasteiger partial charge in [0, 0.05) is 35.3 Å². The van der Waals surface area contributed by atoms with E-state index < -0.39 is 0 Å². The lowest BCUT2D eigenvalue weighted by atomic mass is 9.84. The summed E-state index contributed by atoms with van der Waals surface area (Å²) < 4.78 is 0. The van der Waals surface area contributed by atoms with Gasteiger partial charge in [-0.25, -0.2) is 0 Å². The molecule has 1 aromatic carbocycles. The van der Waals surface area contributed by atoms with Crippen LogP contribution in [0.5, 0.6) is 0 Å². The van der Waals surface area contributed by atoms with Gasteiger partial charge in [0.1, 0.15) is 0 Å². The van der Waals surface area contributed by atoms with Crippen LogP contribution in [-0.4, -0.2) is 30.3 Å². The predicted octanol–water partition coefficient (Wildman–Crippen LogP) is 4.55. The summed E-state index contributed by atoms with van der Waals surface area (Å²) in [5.74, 6) is 0.529. The molecule has 2 aliphatic rings. The molecule has 0 spiro atoms. The standard InChI is InChI=1S/C23H34N2O/c1-23(2)15-19-12-11-17(16-25(3)4)13-20(19)21(24-23)14-22(26)18-9-7-5-6-8-10-18/h11-14,18,24H,5-10,15-16H2,1-4H3/b21-14-. The molecule has 1 N–H and O–H groups in total. The number of ketones is 1. The Morgan fingerprint density at radius 1 is 1.19 bits per heavy atom. The van der Waals surface area contributed by atoms with Gasteiger partial charge >= 0.3 is 0 Å². The molecular weight excluding hydrogens is 320 g/mol. The van der Waals surface area contributed by atoms with Crippen LogP contribution in [0.2, 0.25) is 0 Å². The first kappa shape index (κ1) is 19.2. The molecule has 0 radical (unpaired) electrons. The van der Waals surface area contributed by atoms with Crippen LogP contribution >= 0.6 is 0 Å². The van der Waals surface area contributed by atoms with Crippen molar-refractivity contribution in [1.29, 1.82) is 0 Å². The number of allylic oxidation sites excluding steroid dienone is 1. The van der Waals surface area contributed by atoms with E-state index in [4.69, 9.17) is 0 Å². The van der Waals surface area contributed by atoms with Crippen LogP contribution < -0.4 is 5.32 Å². The minimum Gasteiger partial charge on any atom is -0.379 e. The van der Waals surface area contributed by atoms with Crippen LogP contribution in [-0.2, 0) is 17.8 Å². The third-order valence-electron chi connectivity index (χ3n) is 5.61. The zero-order valence-electron chi connectivity index (χ0n) is 16.9. The van der Waals surface area contributed by atoms with E-state index in [1.807, 2.05) is 6.08 Å². The van der Waals surface area contributed by atoms with Crippen molar-refractivity contribution in [3.63, 3.8) is 0 Å². The number of carbonyl (C=O) groups is 1. The molecule has 1 aromatic rings. The van der Waals surface area contributed by atoms with E-state index >= 15 is 0 Å². The molecule has 0 unspecified atom stereocenters. The molecule has 3 nitrogen and oxygen atoms in total. The third kappa shape index (κ3) is 4.76. The summed E-state index contributed by atoms with van der Waals surface area (Å²) in [4.78, 5) is 15.2. The lowest BCUT2D eigenvalue weighted by Gasteiger charge is -2.36. The van der Waals surface area contributed by atoms with E-state index in [1.54, 1.807) is 0 Å². The predicted molar refractivity (Wildman–Crippen MR) is 109 cm³/mol. The highest BCUT2D eigenvalue weighted by molar-refractivity contribution is 5.98. The second-order valence-corrected chi connectivity index (χ2v) is 9.06. The Bertz CT molecular complexity index is 679. The Kier molecular flexibility index (Phi) is 5.86. The van der Waals surface area contributed by atoms with Gasteiger partial charge < -0.3 is 10.2 Å². The molecule has 0 amide bonds. The fraction of sp³-hybridized carbons (Fsp3) is 0.609. The van der Waals surface area contributed by atoms with Gasteiger partial charge in [-0.1, -0.05) is 37.8 Å². The monoisotopic (exact) mass is 354 g/mol. The maximum Gasteiger partial charge on any atom is 0.160 e. The summed E-state index contributed by atoms with van der Waals surface area (Å²) in [5, 5.41) is 3.64. The normalized spacial score (nSPS) is 22.0. The number of nitrogens with one attached hydrogen (secondary N) is 1. The first-order chi connectivity index (χ1) is 12.3. The average molecular weight is 355 g/mol. The van der Waals surface area contributed by atoms with E-state index in [0.717, 1.165) is 31.5 Å². The minimum atomic E-state index is -0.0222. The van der Waals surface area contributed by atoms with Crippen molar-refractivity contribution in [2.24, 2.45) is 5.92 Å². The van der Waals surface area contributed by atoms with Gasteiger partial charge in [-0.15, -0.1) is 0 Å². The Balaban J connectivity index is 1.91. The fourth-order valence-electron chi connectivity index (χ4n) is 4.38. The molecule has 1 heterocycles. The maximum atomic E-state index is 13.0. The van der Waals surface area contributed by atoms with Crippen LogP contribution in [0.1, 0.15) is 69.1 Å². The van der Waals surface area contributed by atoms with Crippen molar-refractivity contribution >= 4 is 11.5 Å². The number of hydrogen-bond acceptors (Lipinski definition) is 3. The molecule has 0 aromatic heterocycles. The van der Waals surface area contributed by atoms with Gasteiger partial charge in [0.25, 0.3) is 0 Å². The second-order valence-electron chi connectivity index (χ2n) is 9.06. The highest BCUT2D eigenvalue weighted by atomic mass is 16.1. The van der Waals surface area contributed by atoms with E-state index in [-0.39, 0.29) is 11.5 Å². The van der Waals surface area contributed by atoms with Gasteiger partial charge in [-0.2, -0.15) is 0 Å². The van der Waals surface area contributed by atoms with Crippen LogP contribution in [0.4, 0.5) is 0 Å². The summed E-state index contributed by atoms with van der Waals surface area (Å²) in [6, 6.07) is 6.75. The molecule has 142 valence electrons. The van der Waals surface area contributed by atoms with E-state index in [2.05, 4.69) is 56.4 Å². The van der Waals surface area contributed by atoms with Crippen molar-refractivity contribution < 1.29 is 4.79 Å². The number of benzene rings is 1. The first-order valence-corrected chi connectivity index (χ1v) is 10.1. The molecule has 3 heteroatoms. The molecule has 3 rings (SSSR count). The molecule has 0 saturated heterocycles. The van der Waals surface area contributed by atoms with E-state index in [9.17, 15) is 4.79 Å². The van der Waals surface area contributed by atoms with Gasteiger partial charge in [-0.3, -0.25) is 4.79 Å². The minimum absolute atomic E-state index is 0.0222. The number of carbonyl (C=O) groups excluding carboxylic acids is 1. The molecule has 1 saturated carbocycles. The Morgan fingerprint density at radius 3 is 2.54 bits per heavy atom. The van der Waals surface area contributed by atoms with Crippen LogP contribution in [0.25, 0.3) is 5.70 Å². The quantitative estimate of drug-likeness (QED) is 0.636.